The van der Waals surface area contributed by atoms with Crippen LogP contribution in [0.4, 0.5) is 0 Å². The largest absolute Gasteiger partial charge is 0.496 e. The van der Waals surface area contributed by atoms with Gasteiger partial charge in [-0.15, -0.1) is 0 Å². The van der Waals surface area contributed by atoms with Crippen molar-refractivity contribution in [2.45, 2.75) is 25.9 Å². The Labute approximate surface area is 61.8 Å². The van der Waals surface area contributed by atoms with E-state index in [0.29, 0.717) is 6.10 Å². The Bertz CT molecular complexity index is 114. The molecule has 1 fully saturated rings. The number of hydrogen-bond acceptors (Lipinski definition) is 2. The van der Waals surface area contributed by atoms with Crippen LogP contribution in [0.1, 0.15) is 19.8 Å². The fraction of sp³-hybridized carbons (Fsp3) is 0.750. The van der Waals surface area contributed by atoms with Gasteiger partial charge in [-0.3, -0.25) is 0 Å². The average Bonchev–Trinajstić information content (AvgIpc) is 1.88. The van der Waals surface area contributed by atoms with Crippen molar-refractivity contribution in [1.29, 1.82) is 0 Å². The molecule has 0 aromatic carbocycles. The second kappa shape index (κ2) is 3.62. The SMILES string of the molecule is C=C(C)OC1CCOCC1. The molecule has 58 valence electrons. The molecular weight excluding hydrogens is 128 g/mol. The minimum atomic E-state index is 0.353. The normalized spacial score (nSPS) is 20.5. The lowest BCUT2D eigenvalue weighted by Crippen LogP contribution is -2.22. The predicted octanol–water partition coefficient (Wildman–Crippen LogP) is 1.72. The molecule has 0 aliphatic carbocycles. The Kier molecular flexibility index (Phi) is 2.75. The van der Waals surface area contributed by atoms with Crippen molar-refractivity contribution in [1.82, 2.24) is 0 Å². The van der Waals surface area contributed by atoms with Gasteiger partial charge in [0.05, 0.1) is 19.0 Å². The minimum Gasteiger partial charge on any atom is -0.496 e. The summed E-state index contributed by atoms with van der Waals surface area (Å²) in [6.07, 6.45) is 2.37. The Balaban J connectivity index is 2.19. The van der Waals surface area contributed by atoms with Gasteiger partial charge in [-0.2, -0.15) is 0 Å². The van der Waals surface area contributed by atoms with Crippen LogP contribution in [-0.2, 0) is 9.47 Å². The first-order valence-corrected chi connectivity index (χ1v) is 3.69. The molecule has 1 heterocycles. The van der Waals surface area contributed by atoms with Gasteiger partial charge >= 0.3 is 0 Å². The first-order chi connectivity index (χ1) is 4.79. The zero-order valence-corrected chi connectivity index (χ0v) is 6.43. The minimum absolute atomic E-state index is 0.353. The van der Waals surface area contributed by atoms with Gasteiger partial charge in [0.1, 0.15) is 6.10 Å². The quantitative estimate of drug-likeness (QED) is 0.546. The number of hydrogen-bond donors (Lipinski definition) is 0. The van der Waals surface area contributed by atoms with Gasteiger partial charge < -0.3 is 9.47 Å². The summed E-state index contributed by atoms with van der Waals surface area (Å²) in [7, 11) is 0. The van der Waals surface area contributed by atoms with E-state index < -0.39 is 0 Å². The summed E-state index contributed by atoms with van der Waals surface area (Å²) in [5.74, 6) is 0.812. The molecule has 0 aromatic heterocycles. The fourth-order valence-corrected chi connectivity index (χ4v) is 1.08. The number of rotatable bonds is 2. The molecule has 2 heteroatoms. The van der Waals surface area contributed by atoms with Gasteiger partial charge in [0.15, 0.2) is 0 Å². The molecule has 1 aliphatic heterocycles. The van der Waals surface area contributed by atoms with Crippen LogP contribution in [0, 0.1) is 0 Å². The molecule has 1 rings (SSSR count). The van der Waals surface area contributed by atoms with E-state index in [0.717, 1.165) is 31.8 Å². The van der Waals surface area contributed by atoms with E-state index in [1.807, 2.05) is 6.92 Å². The molecule has 1 saturated heterocycles. The summed E-state index contributed by atoms with van der Waals surface area (Å²) in [6, 6.07) is 0. The molecule has 0 aromatic rings. The summed E-state index contributed by atoms with van der Waals surface area (Å²) in [6.45, 7) is 7.23. The highest BCUT2D eigenvalue weighted by molar-refractivity contribution is 4.77. The van der Waals surface area contributed by atoms with Crippen molar-refractivity contribution in [2.24, 2.45) is 0 Å². The highest BCUT2D eigenvalue weighted by Gasteiger charge is 2.13. The van der Waals surface area contributed by atoms with Gasteiger partial charge in [0, 0.05) is 12.8 Å². The van der Waals surface area contributed by atoms with Crippen molar-refractivity contribution < 1.29 is 9.47 Å². The lowest BCUT2D eigenvalue weighted by Gasteiger charge is -2.22. The summed E-state index contributed by atoms with van der Waals surface area (Å²) >= 11 is 0. The third-order valence-corrected chi connectivity index (χ3v) is 1.54. The van der Waals surface area contributed by atoms with E-state index in [-0.39, 0.29) is 0 Å². The van der Waals surface area contributed by atoms with Crippen LogP contribution in [0.15, 0.2) is 12.3 Å². The highest BCUT2D eigenvalue weighted by atomic mass is 16.5. The van der Waals surface area contributed by atoms with E-state index in [2.05, 4.69) is 6.58 Å². The molecule has 1 aliphatic rings. The van der Waals surface area contributed by atoms with Crippen LogP contribution in [0.25, 0.3) is 0 Å². The summed E-state index contributed by atoms with van der Waals surface area (Å²) in [5.41, 5.74) is 0. The lowest BCUT2D eigenvalue weighted by atomic mass is 10.1. The zero-order chi connectivity index (χ0) is 7.40. The molecule has 0 atom stereocenters. The molecule has 0 saturated carbocycles. The standard InChI is InChI=1S/C8H14O2/c1-7(2)10-8-3-5-9-6-4-8/h8H,1,3-6H2,2H3. The third-order valence-electron chi connectivity index (χ3n) is 1.54. The molecule has 10 heavy (non-hydrogen) atoms. The number of ether oxygens (including phenoxy) is 2. The maximum atomic E-state index is 5.42. The highest BCUT2D eigenvalue weighted by Crippen LogP contribution is 2.12. The predicted molar refractivity (Wildman–Crippen MR) is 39.7 cm³/mol. The first-order valence-electron chi connectivity index (χ1n) is 3.69. The van der Waals surface area contributed by atoms with Gasteiger partial charge in [-0.25, -0.2) is 0 Å². The molecule has 0 amide bonds. The topological polar surface area (TPSA) is 18.5 Å². The summed E-state index contributed by atoms with van der Waals surface area (Å²) in [5, 5.41) is 0. The van der Waals surface area contributed by atoms with Gasteiger partial charge in [-0.05, 0) is 6.92 Å². The second-order valence-electron chi connectivity index (χ2n) is 2.63. The van der Waals surface area contributed by atoms with E-state index in [4.69, 9.17) is 9.47 Å². The first kappa shape index (κ1) is 7.61. The van der Waals surface area contributed by atoms with Gasteiger partial charge in [-0.1, -0.05) is 6.58 Å². The van der Waals surface area contributed by atoms with Crippen LogP contribution < -0.4 is 0 Å². The molecule has 0 radical (unpaired) electrons. The van der Waals surface area contributed by atoms with Gasteiger partial charge in [0.2, 0.25) is 0 Å². The Morgan fingerprint density at radius 3 is 2.60 bits per heavy atom. The maximum absolute atomic E-state index is 5.42. The monoisotopic (exact) mass is 142 g/mol. The van der Waals surface area contributed by atoms with E-state index in [1.54, 1.807) is 0 Å². The van der Waals surface area contributed by atoms with Crippen LogP contribution in [0.2, 0.25) is 0 Å². The van der Waals surface area contributed by atoms with E-state index in [1.165, 1.54) is 0 Å². The maximum Gasteiger partial charge on any atom is 0.103 e. The Morgan fingerprint density at radius 1 is 1.50 bits per heavy atom. The van der Waals surface area contributed by atoms with Crippen molar-refractivity contribution in [3.8, 4) is 0 Å². The second-order valence-corrected chi connectivity index (χ2v) is 2.63. The smallest absolute Gasteiger partial charge is 0.103 e. The molecule has 0 N–H and O–H groups in total. The summed E-state index contributed by atoms with van der Waals surface area (Å²) < 4.78 is 10.6. The fourth-order valence-electron chi connectivity index (χ4n) is 1.08. The van der Waals surface area contributed by atoms with Crippen molar-refractivity contribution in [3.63, 3.8) is 0 Å². The van der Waals surface area contributed by atoms with Gasteiger partial charge in [0.25, 0.3) is 0 Å². The molecule has 0 bridgehead atoms. The molecular formula is C8H14O2. The molecule has 0 unspecified atom stereocenters. The lowest BCUT2D eigenvalue weighted by molar-refractivity contribution is -0.00298. The van der Waals surface area contributed by atoms with Crippen molar-refractivity contribution in [2.75, 3.05) is 13.2 Å². The third kappa shape index (κ3) is 2.40. The molecule has 0 spiro atoms. The molecule has 2 nitrogen and oxygen atoms in total. The average molecular weight is 142 g/mol. The zero-order valence-electron chi connectivity index (χ0n) is 6.43. The van der Waals surface area contributed by atoms with E-state index >= 15 is 0 Å². The van der Waals surface area contributed by atoms with Crippen molar-refractivity contribution >= 4 is 0 Å². The van der Waals surface area contributed by atoms with Crippen LogP contribution >= 0.6 is 0 Å². The van der Waals surface area contributed by atoms with Crippen molar-refractivity contribution in [3.05, 3.63) is 12.3 Å². The van der Waals surface area contributed by atoms with E-state index in [9.17, 15) is 0 Å². The van der Waals surface area contributed by atoms with Crippen LogP contribution in [-0.4, -0.2) is 19.3 Å². The Hall–Kier alpha value is -0.500. The Morgan fingerprint density at radius 2 is 2.10 bits per heavy atom. The number of allylic oxidation sites excluding steroid dienone is 1. The van der Waals surface area contributed by atoms with Crippen LogP contribution in [0.5, 0.6) is 0 Å². The summed E-state index contributed by atoms with van der Waals surface area (Å²) in [4.78, 5) is 0. The van der Waals surface area contributed by atoms with Crippen LogP contribution in [0.3, 0.4) is 0 Å².